The second-order valence-corrected chi connectivity index (χ2v) is 8.24. The van der Waals surface area contributed by atoms with Crippen molar-refractivity contribution < 1.29 is 9.59 Å². The zero-order chi connectivity index (χ0) is 22.3. The first-order chi connectivity index (χ1) is 15.6. The van der Waals surface area contributed by atoms with E-state index in [0.717, 1.165) is 30.6 Å². The van der Waals surface area contributed by atoms with Gasteiger partial charge in [-0.1, -0.05) is 60.2 Å². The number of hydrogen-bond donors (Lipinski definition) is 1. The maximum absolute atomic E-state index is 13.1. The SMILES string of the molecule is Cc1cccc(CN2CCCN(c3ccc(C(=O)NCCc4ccccc4)cc3)C2=O)c1. The Morgan fingerprint density at radius 2 is 1.66 bits per heavy atom. The predicted octanol–water partition coefficient (Wildman–Crippen LogP) is 4.80. The third-order valence-electron chi connectivity index (χ3n) is 5.75. The summed E-state index contributed by atoms with van der Waals surface area (Å²) in [6.45, 7) is 4.70. The van der Waals surface area contributed by atoms with Crippen LogP contribution in [-0.4, -0.2) is 36.5 Å². The maximum Gasteiger partial charge on any atom is 0.324 e. The molecule has 0 unspecified atom stereocenters. The Hall–Kier alpha value is -3.60. The van der Waals surface area contributed by atoms with Crippen molar-refractivity contribution in [2.75, 3.05) is 24.5 Å². The Kier molecular flexibility index (Phi) is 6.85. The number of urea groups is 1. The number of anilines is 1. The van der Waals surface area contributed by atoms with Crippen LogP contribution in [0.1, 0.15) is 33.5 Å². The largest absolute Gasteiger partial charge is 0.352 e. The molecule has 3 aromatic carbocycles. The lowest BCUT2D eigenvalue weighted by atomic mass is 10.1. The third kappa shape index (κ3) is 5.35. The van der Waals surface area contributed by atoms with Gasteiger partial charge in [-0.05, 0) is 55.2 Å². The topological polar surface area (TPSA) is 52.6 Å². The van der Waals surface area contributed by atoms with Gasteiger partial charge >= 0.3 is 6.03 Å². The molecular formula is C27H29N3O2. The predicted molar refractivity (Wildman–Crippen MR) is 128 cm³/mol. The molecule has 1 aliphatic rings. The number of carbonyl (C=O) groups excluding carboxylic acids is 2. The highest BCUT2D eigenvalue weighted by molar-refractivity contribution is 5.96. The molecule has 0 aliphatic carbocycles. The summed E-state index contributed by atoms with van der Waals surface area (Å²) in [6, 6.07) is 25.7. The van der Waals surface area contributed by atoms with E-state index in [1.807, 2.05) is 41.3 Å². The molecule has 3 amide bonds. The fourth-order valence-electron chi connectivity index (χ4n) is 4.06. The summed E-state index contributed by atoms with van der Waals surface area (Å²) >= 11 is 0. The molecule has 1 N–H and O–H groups in total. The van der Waals surface area contributed by atoms with E-state index in [2.05, 4.69) is 42.6 Å². The molecule has 4 rings (SSSR count). The van der Waals surface area contributed by atoms with Crippen molar-refractivity contribution in [3.63, 3.8) is 0 Å². The quantitative estimate of drug-likeness (QED) is 0.589. The number of benzene rings is 3. The summed E-state index contributed by atoms with van der Waals surface area (Å²) in [7, 11) is 0. The van der Waals surface area contributed by atoms with Crippen LogP contribution in [0.15, 0.2) is 78.9 Å². The van der Waals surface area contributed by atoms with Gasteiger partial charge in [-0.15, -0.1) is 0 Å². The van der Waals surface area contributed by atoms with E-state index < -0.39 is 0 Å². The van der Waals surface area contributed by atoms with Gasteiger partial charge in [0.1, 0.15) is 0 Å². The molecular weight excluding hydrogens is 398 g/mol. The highest BCUT2D eigenvalue weighted by atomic mass is 16.2. The molecule has 1 saturated heterocycles. The summed E-state index contributed by atoms with van der Waals surface area (Å²) in [5.41, 5.74) is 4.96. The van der Waals surface area contributed by atoms with Crippen LogP contribution >= 0.6 is 0 Å². The van der Waals surface area contributed by atoms with Crippen LogP contribution in [0, 0.1) is 6.92 Å². The van der Waals surface area contributed by atoms with Gasteiger partial charge in [-0.25, -0.2) is 4.79 Å². The monoisotopic (exact) mass is 427 g/mol. The fraction of sp³-hybridized carbons (Fsp3) is 0.259. The Morgan fingerprint density at radius 3 is 2.41 bits per heavy atom. The smallest absolute Gasteiger partial charge is 0.324 e. The number of amides is 3. The van der Waals surface area contributed by atoms with Crippen molar-refractivity contribution in [2.45, 2.75) is 26.3 Å². The van der Waals surface area contributed by atoms with Crippen LogP contribution in [0.5, 0.6) is 0 Å². The average molecular weight is 428 g/mol. The lowest BCUT2D eigenvalue weighted by molar-refractivity contribution is 0.0954. The van der Waals surface area contributed by atoms with Gasteiger partial charge < -0.3 is 10.2 Å². The molecule has 1 heterocycles. The lowest BCUT2D eigenvalue weighted by Gasteiger charge is -2.35. The van der Waals surface area contributed by atoms with Crippen molar-refractivity contribution >= 4 is 17.6 Å². The van der Waals surface area contributed by atoms with Gasteiger partial charge in [-0.3, -0.25) is 9.69 Å². The van der Waals surface area contributed by atoms with Crippen LogP contribution < -0.4 is 10.2 Å². The number of aryl methyl sites for hydroxylation is 1. The fourth-order valence-corrected chi connectivity index (χ4v) is 4.06. The zero-order valence-corrected chi connectivity index (χ0v) is 18.5. The van der Waals surface area contributed by atoms with Crippen LogP contribution in [0.25, 0.3) is 0 Å². The Labute approximate surface area is 189 Å². The van der Waals surface area contributed by atoms with Crippen LogP contribution in [0.4, 0.5) is 10.5 Å². The summed E-state index contributed by atoms with van der Waals surface area (Å²) in [5.74, 6) is -0.0986. The van der Waals surface area contributed by atoms with Gasteiger partial charge in [0, 0.05) is 37.4 Å². The molecule has 0 radical (unpaired) electrons. The van der Waals surface area contributed by atoms with E-state index in [9.17, 15) is 9.59 Å². The second-order valence-electron chi connectivity index (χ2n) is 8.24. The van der Waals surface area contributed by atoms with E-state index in [-0.39, 0.29) is 11.9 Å². The zero-order valence-electron chi connectivity index (χ0n) is 18.5. The molecule has 0 bridgehead atoms. The summed E-state index contributed by atoms with van der Waals surface area (Å²) in [5, 5.41) is 2.97. The molecule has 0 saturated carbocycles. The number of rotatable bonds is 7. The van der Waals surface area contributed by atoms with Crippen LogP contribution in [0.2, 0.25) is 0 Å². The van der Waals surface area contributed by atoms with E-state index in [4.69, 9.17) is 0 Å². The molecule has 5 heteroatoms. The van der Waals surface area contributed by atoms with E-state index >= 15 is 0 Å². The van der Waals surface area contributed by atoms with Crippen molar-refractivity contribution in [3.8, 4) is 0 Å². The normalized spacial score (nSPS) is 13.8. The van der Waals surface area contributed by atoms with E-state index in [1.54, 1.807) is 17.0 Å². The summed E-state index contributed by atoms with van der Waals surface area (Å²) < 4.78 is 0. The molecule has 164 valence electrons. The minimum atomic E-state index is -0.0986. The summed E-state index contributed by atoms with van der Waals surface area (Å²) in [6.07, 6.45) is 1.71. The van der Waals surface area contributed by atoms with Crippen molar-refractivity contribution in [2.24, 2.45) is 0 Å². The van der Waals surface area contributed by atoms with Gasteiger partial charge in [0.15, 0.2) is 0 Å². The van der Waals surface area contributed by atoms with Crippen LogP contribution in [-0.2, 0) is 13.0 Å². The van der Waals surface area contributed by atoms with E-state index in [0.29, 0.717) is 25.2 Å². The Bertz CT molecular complexity index is 1060. The Morgan fingerprint density at radius 1 is 0.906 bits per heavy atom. The minimum absolute atomic E-state index is 0.0119. The first-order valence-corrected chi connectivity index (χ1v) is 11.1. The number of nitrogens with zero attached hydrogens (tertiary/aromatic N) is 2. The first kappa shape index (κ1) is 21.6. The molecule has 1 aliphatic heterocycles. The number of hydrogen-bond acceptors (Lipinski definition) is 2. The molecule has 1 fully saturated rings. The van der Waals surface area contributed by atoms with Gasteiger partial charge in [0.25, 0.3) is 5.91 Å². The molecule has 0 atom stereocenters. The maximum atomic E-state index is 13.1. The second kappa shape index (κ2) is 10.1. The van der Waals surface area contributed by atoms with Gasteiger partial charge in [-0.2, -0.15) is 0 Å². The van der Waals surface area contributed by atoms with Crippen molar-refractivity contribution in [1.82, 2.24) is 10.2 Å². The van der Waals surface area contributed by atoms with Crippen molar-refractivity contribution in [1.29, 1.82) is 0 Å². The molecule has 0 spiro atoms. The van der Waals surface area contributed by atoms with Gasteiger partial charge in [0.2, 0.25) is 0 Å². The average Bonchev–Trinajstić information content (AvgIpc) is 2.81. The van der Waals surface area contributed by atoms with Crippen LogP contribution in [0.3, 0.4) is 0 Å². The van der Waals surface area contributed by atoms with E-state index in [1.165, 1.54) is 11.1 Å². The molecule has 3 aromatic rings. The molecule has 0 aromatic heterocycles. The number of carbonyl (C=O) groups is 2. The molecule has 5 nitrogen and oxygen atoms in total. The first-order valence-electron chi connectivity index (χ1n) is 11.1. The minimum Gasteiger partial charge on any atom is -0.352 e. The standard InChI is InChI=1S/C27H29N3O2/c1-21-7-5-10-23(19-21)20-29-17-6-18-30(27(29)32)25-13-11-24(12-14-25)26(31)28-16-15-22-8-3-2-4-9-22/h2-5,7-14,19H,6,15-18,20H2,1H3,(H,28,31). The van der Waals surface area contributed by atoms with Crippen molar-refractivity contribution in [3.05, 3.63) is 101 Å². The highest BCUT2D eigenvalue weighted by Crippen LogP contribution is 2.22. The Balaban J connectivity index is 1.35. The third-order valence-corrected chi connectivity index (χ3v) is 5.75. The highest BCUT2D eigenvalue weighted by Gasteiger charge is 2.26. The number of nitrogens with one attached hydrogen (secondary N) is 1. The van der Waals surface area contributed by atoms with Gasteiger partial charge in [0.05, 0.1) is 0 Å². The summed E-state index contributed by atoms with van der Waals surface area (Å²) in [4.78, 5) is 29.2. The lowest BCUT2D eigenvalue weighted by Crippen LogP contribution is -2.49. The molecule has 32 heavy (non-hydrogen) atoms.